The van der Waals surface area contributed by atoms with Gasteiger partial charge in [-0.2, -0.15) is 0 Å². The van der Waals surface area contributed by atoms with Gasteiger partial charge >= 0.3 is 0 Å². The van der Waals surface area contributed by atoms with E-state index in [4.69, 9.17) is 11.6 Å². The maximum Gasteiger partial charge on any atom is 0.0969 e. The fourth-order valence-corrected chi connectivity index (χ4v) is 4.34. The summed E-state index contributed by atoms with van der Waals surface area (Å²) in [7, 11) is 2.26. The lowest BCUT2D eigenvalue weighted by Gasteiger charge is -2.34. The van der Waals surface area contributed by atoms with Gasteiger partial charge in [0.2, 0.25) is 0 Å². The standard InChI is InChI=1S/C26H53ClNO.ClH/c1-5-7-8-9-10-11-12-13-14-15-16-17-18-19-26(27)21-24-28(4,22-6-2)23-20-25(3)29;/h6,25-26,29H,2,5,7-24H2,1,3-4H3;1H/q+1;/p-1. The Morgan fingerprint density at radius 3 is 1.67 bits per heavy atom. The Hall–Kier alpha value is 0.240. The van der Waals surface area contributed by atoms with E-state index in [2.05, 4.69) is 20.6 Å². The fourth-order valence-electron chi connectivity index (χ4n) is 4.08. The first-order valence-electron chi connectivity index (χ1n) is 12.7. The molecule has 0 aliphatic heterocycles. The van der Waals surface area contributed by atoms with Gasteiger partial charge < -0.3 is 22.0 Å². The van der Waals surface area contributed by atoms with Crippen LogP contribution in [0.15, 0.2) is 12.7 Å². The zero-order valence-electron chi connectivity index (χ0n) is 20.5. The van der Waals surface area contributed by atoms with Crippen LogP contribution in [0.3, 0.4) is 0 Å². The lowest BCUT2D eigenvalue weighted by atomic mass is 10.0. The minimum atomic E-state index is -0.227. The molecule has 0 aromatic heterocycles. The molecule has 3 atom stereocenters. The van der Waals surface area contributed by atoms with E-state index in [9.17, 15) is 5.11 Å². The first-order valence-corrected chi connectivity index (χ1v) is 13.1. The van der Waals surface area contributed by atoms with E-state index in [1.54, 1.807) is 0 Å². The van der Waals surface area contributed by atoms with Gasteiger partial charge in [-0.25, -0.2) is 0 Å². The monoisotopic (exact) mass is 465 g/mol. The molecule has 0 aliphatic rings. The SMILES string of the molecule is C=CC[N+](C)(CCC(C)O)CCC(Cl)CCCCCCCCCCCCCCC.[Cl-]. The minimum absolute atomic E-state index is 0. The number of quaternary nitrogens is 1. The van der Waals surface area contributed by atoms with Crippen LogP contribution in [0, 0.1) is 0 Å². The predicted octanol–water partition coefficient (Wildman–Crippen LogP) is 4.87. The molecule has 0 saturated carbocycles. The number of hydrogen-bond donors (Lipinski definition) is 1. The predicted molar refractivity (Wildman–Crippen MR) is 132 cm³/mol. The van der Waals surface area contributed by atoms with Gasteiger partial charge in [0.15, 0.2) is 0 Å². The molecule has 0 aliphatic carbocycles. The molecule has 0 bridgehead atoms. The Morgan fingerprint density at radius 1 is 0.800 bits per heavy atom. The molecule has 0 fully saturated rings. The van der Waals surface area contributed by atoms with Crippen LogP contribution in [0.5, 0.6) is 0 Å². The van der Waals surface area contributed by atoms with Crippen molar-refractivity contribution in [2.24, 2.45) is 0 Å². The van der Waals surface area contributed by atoms with Crippen LogP contribution in [-0.2, 0) is 0 Å². The van der Waals surface area contributed by atoms with Gasteiger partial charge in [0.25, 0.3) is 0 Å². The van der Waals surface area contributed by atoms with Crippen molar-refractivity contribution in [3.05, 3.63) is 12.7 Å². The third-order valence-electron chi connectivity index (χ3n) is 6.26. The van der Waals surface area contributed by atoms with E-state index in [1.165, 1.54) is 83.5 Å². The van der Waals surface area contributed by atoms with Crippen LogP contribution >= 0.6 is 11.6 Å². The van der Waals surface area contributed by atoms with Gasteiger partial charge in [0, 0.05) is 18.2 Å². The first kappa shape index (κ1) is 32.4. The Kier molecular flexibility index (Phi) is 24.2. The van der Waals surface area contributed by atoms with Crippen molar-refractivity contribution < 1.29 is 22.0 Å². The number of hydrogen-bond acceptors (Lipinski definition) is 1. The van der Waals surface area contributed by atoms with Crippen LogP contribution in [0.4, 0.5) is 0 Å². The number of nitrogens with zero attached hydrogens (tertiary/aromatic N) is 1. The number of unbranched alkanes of at least 4 members (excludes halogenated alkanes) is 12. The quantitative estimate of drug-likeness (QED) is 0.104. The highest BCUT2D eigenvalue weighted by Crippen LogP contribution is 2.18. The maximum atomic E-state index is 9.59. The van der Waals surface area contributed by atoms with Crippen LogP contribution in [0.1, 0.15) is 117 Å². The Bertz CT molecular complexity index is 365. The Labute approximate surface area is 200 Å². The van der Waals surface area contributed by atoms with Gasteiger partial charge in [-0.3, -0.25) is 0 Å². The molecule has 3 unspecified atom stereocenters. The lowest BCUT2D eigenvalue weighted by molar-refractivity contribution is -0.904. The highest BCUT2D eigenvalue weighted by atomic mass is 35.5. The second-order valence-electron chi connectivity index (χ2n) is 9.59. The molecule has 0 amide bonds. The molecule has 0 rings (SSSR count). The summed E-state index contributed by atoms with van der Waals surface area (Å²) >= 11 is 6.61. The van der Waals surface area contributed by atoms with E-state index >= 15 is 0 Å². The summed E-state index contributed by atoms with van der Waals surface area (Å²) in [5.74, 6) is 0. The maximum absolute atomic E-state index is 9.59. The molecule has 30 heavy (non-hydrogen) atoms. The number of aliphatic hydroxyl groups is 1. The topological polar surface area (TPSA) is 20.2 Å². The Balaban J connectivity index is 0. The number of likely N-dealkylation sites (N-methyl/N-ethyl adjacent to an activating group) is 1. The second-order valence-corrected chi connectivity index (χ2v) is 10.2. The zero-order chi connectivity index (χ0) is 21.8. The zero-order valence-corrected chi connectivity index (χ0v) is 22.0. The average Bonchev–Trinajstić information content (AvgIpc) is 2.69. The summed E-state index contributed by atoms with van der Waals surface area (Å²) in [6.45, 7) is 11.1. The van der Waals surface area contributed by atoms with E-state index in [0.29, 0.717) is 0 Å². The van der Waals surface area contributed by atoms with Crippen molar-refractivity contribution in [1.29, 1.82) is 0 Å². The van der Waals surface area contributed by atoms with Crippen molar-refractivity contribution >= 4 is 11.6 Å². The van der Waals surface area contributed by atoms with Crippen molar-refractivity contribution in [2.45, 2.75) is 128 Å². The number of halogens is 2. The molecule has 0 aromatic rings. The van der Waals surface area contributed by atoms with Gasteiger partial charge in [-0.15, -0.1) is 11.6 Å². The number of rotatable bonds is 22. The molecule has 182 valence electrons. The van der Waals surface area contributed by atoms with Gasteiger partial charge in [0.05, 0.1) is 32.8 Å². The number of alkyl halides is 1. The summed E-state index contributed by atoms with van der Waals surface area (Å²) < 4.78 is 0.941. The summed E-state index contributed by atoms with van der Waals surface area (Å²) in [4.78, 5) is 0. The second kappa shape index (κ2) is 22.4. The van der Waals surface area contributed by atoms with Crippen LogP contribution in [-0.4, -0.2) is 47.8 Å². The average molecular weight is 467 g/mol. The molecule has 0 aromatic carbocycles. The Morgan fingerprint density at radius 2 is 1.23 bits per heavy atom. The first-order chi connectivity index (χ1) is 13.9. The molecule has 0 radical (unpaired) electrons. The largest absolute Gasteiger partial charge is 1.00 e. The van der Waals surface area contributed by atoms with Crippen molar-refractivity contribution in [2.75, 3.05) is 26.7 Å². The molecule has 4 heteroatoms. The van der Waals surface area contributed by atoms with Crippen LogP contribution in [0.2, 0.25) is 0 Å². The fraction of sp³-hybridized carbons (Fsp3) is 0.923. The van der Waals surface area contributed by atoms with Crippen LogP contribution < -0.4 is 12.4 Å². The molecule has 1 N–H and O–H groups in total. The highest BCUT2D eigenvalue weighted by molar-refractivity contribution is 6.20. The van der Waals surface area contributed by atoms with Gasteiger partial charge in [0.1, 0.15) is 0 Å². The summed E-state index contributed by atoms with van der Waals surface area (Å²) in [5, 5.41) is 9.87. The summed E-state index contributed by atoms with van der Waals surface area (Å²) in [6, 6.07) is 0. The van der Waals surface area contributed by atoms with Crippen LogP contribution in [0.25, 0.3) is 0 Å². The molecule has 0 saturated heterocycles. The lowest BCUT2D eigenvalue weighted by Crippen LogP contribution is -3.00. The van der Waals surface area contributed by atoms with E-state index < -0.39 is 0 Å². The van der Waals surface area contributed by atoms with E-state index in [-0.39, 0.29) is 23.9 Å². The molecular formula is C26H53Cl2NO. The van der Waals surface area contributed by atoms with E-state index in [1.807, 2.05) is 13.0 Å². The summed E-state index contributed by atoms with van der Waals surface area (Å²) in [5.41, 5.74) is 0. The molecule has 0 spiro atoms. The third-order valence-corrected chi connectivity index (χ3v) is 6.70. The molecule has 0 heterocycles. The third kappa shape index (κ3) is 21.5. The van der Waals surface area contributed by atoms with Gasteiger partial charge in [-0.05, 0) is 19.4 Å². The number of aliphatic hydroxyl groups excluding tert-OH is 1. The van der Waals surface area contributed by atoms with E-state index in [0.717, 1.165) is 43.4 Å². The van der Waals surface area contributed by atoms with Gasteiger partial charge in [-0.1, -0.05) is 97.0 Å². The molecular weight excluding hydrogens is 413 g/mol. The normalized spacial score (nSPS) is 15.2. The molecule has 2 nitrogen and oxygen atoms in total. The highest BCUT2D eigenvalue weighted by Gasteiger charge is 2.22. The minimum Gasteiger partial charge on any atom is -1.00 e. The smallest absolute Gasteiger partial charge is 0.0969 e. The van der Waals surface area contributed by atoms with Crippen molar-refractivity contribution in [3.8, 4) is 0 Å². The van der Waals surface area contributed by atoms with Crippen molar-refractivity contribution in [3.63, 3.8) is 0 Å². The summed E-state index contributed by atoms with van der Waals surface area (Å²) in [6.07, 6.45) is 23.0. The van der Waals surface area contributed by atoms with Crippen molar-refractivity contribution in [1.82, 2.24) is 0 Å².